The lowest BCUT2D eigenvalue weighted by Crippen LogP contribution is -2.39. The van der Waals surface area contributed by atoms with E-state index in [2.05, 4.69) is 19.8 Å². The van der Waals surface area contributed by atoms with Gasteiger partial charge in [0.1, 0.15) is 29.4 Å². The van der Waals surface area contributed by atoms with Gasteiger partial charge in [-0.25, -0.2) is 4.85 Å². The number of carbonyl (C=O) groups is 3. The zero-order valence-electron chi connectivity index (χ0n) is 30.1. The number of hydrogen-bond acceptors (Lipinski definition) is 11. The number of carbonyl (C=O) groups excluding carboxylic acids is 3. The van der Waals surface area contributed by atoms with Crippen molar-refractivity contribution in [2.45, 2.75) is 19.3 Å². The molecular weight excluding hydrogens is 721 g/mol. The summed E-state index contributed by atoms with van der Waals surface area (Å²) in [6.07, 6.45) is 4.72. The van der Waals surface area contributed by atoms with Gasteiger partial charge in [-0.2, -0.15) is 10.5 Å². The molecule has 0 saturated heterocycles. The number of pyridine rings is 3. The van der Waals surface area contributed by atoms with Crippen LogP contribution in [-0.2, 0) is 14.4 Å². The third-order valence-electron chi connectivity index (χ3n) is 9.47. The van der Waals surface area contributed by atoms with Crippen molar-refractivity contribution in [3.05, 3.63) is 150 Å². The fourth-order valence-corrected chi connectivity index (χ4v) is 6.46. The quantitative estimate of drug-likeness (QED) is 0.0791. The Morgan fingerprint density at radius 3 is 1.11 bits per heavy atom. The van der Waals surface area contributed by atoms with E-state index in [-0.39, 0.29) is 36.5 Å². The van der Waals surface area contributed by atoms with E-state index in [0.717, 1.165) is 16.7 Å². The molecule has 0 bridgehead atoms. The predicted octanol–water partition coefficient (Wildman–Crippen LogP) is 8.32. The van der Waals surface area contributed by atoms with E-state index in [1.54, 1.807) is 109 Å². The second kappa shape index (κ2) is 17.0. The van der Waals surface area contributed by atoms with Crippen LogP contribution in [0.25, 0.3) is 38.6 Å². The molecule has 2 atom stereocenters. The molecule has 0 radical (unpaired) electrons. The maximum atomic E-state index is 13.7. The van der Waals surface area contributed by atoms with Gasteiger partial charge in [-0.3, -0.25) is 29.3 Å². The van der Waals surface area contributed by atoms with Crippen LogP contribution in [0.4, 0.5) is 5.69 Å². The van der Waals surface area contributed by atoms with E-state index in [0.29, 0.717) is 33.9 Å². The molecule has 276 valence electrons. The van der Waals surface area contributed by atoms with Gasteiger partial charge in [-0.1, -0.05) is 6.07 Å². The number of aromatic nitrogens is 3. The lowest BCUT2D eigenvalue weighted by molar-refractivity contribution is -0.150. The fraction of sp³-hybridized carbons (Fsp3) is 0.133. The highest BCUT2D eigenvalue weighted by atomic mass is 16.5. The Kier molecular flexibility index (Phi) is 11.1. The van der Waals surface area contributed by atoms with Gasteiger partial charge in [-0.05, 0) is 122 Å². The number of nitriles is 2. The molecule has 12 nitrogen and oxygen atoms in total. The number of benzene rings is 3. The van der Waals surface area contributed by atoms with Crippen LogP contribution in [0, 0.1) is 47.0 Å². The van der Waals surface area contributed by atoms with Crippen molar-refractivity contribution < 1.29 is 28.6 Å². The SMILES string of the molecule is [C-]#[N+]c1ccc(-c2ccc(OC(=O)C3CC(C(=O)Oc4ccc(-c5ccc(C#N)cn5)cc4)CC(C(=O)Oc4ccc(-c5ccc(C#N)cn5)cc4)C3)cc2)nc1. The summed E-state index contributed by atoms with van der Waals surface area (Å²) in [5, 5.41) is 18.1. The number of esters is 3. The Bertz CT molecular complexity index is 2240. The third-order valence-corrected chi connectivity index (χ3v) is 9.47. The normalized spacial score (nSPS) is 15.8. The largest absolute Gasteiger partial charge is 0.426 e. The van der Waals surface area contributed by atoms with Gasteiger partial charge in [0, 0.05) is 35.3 Å². The molecule has 1 saturated carbocycles. The first-order valence-corrected chi connectivity index (χ1v) is 17.8. The molecule has 3 aromatic carbocycles. The summed E-state index contributed by atoms with van der Waals surface area (Å²) in [5.74, 6) is -3.46. The molecule has 1 aliphatic carbocycles. The van der Waals surface area contributed by atoms with Crippen molar-refractivity contribution >= 4 is 23.6 Å². The van der Waals surface area contributed by atoms with Crippen LogP contribution in [0.3, 0.4) is 0 Å². The highest BCUT2D eigenvalue weighted by Crippen LogP contribution is 2.37. The maximum absolute atomic E-state index is 13.7. The molecule has 0 amide bonds. The van der Waals surface area contributed by atoms with Crippen LogP contribution in [0.15, 0.2) is 128 Å². The predicted molar refractivity (Wildman–Crippen MR) is 206 cm³/mol. The monoisotopic (exact) mass is 750 g/mol. The third kappa shape index (κ3) is 9.04. The molecule has 0 aliphatic heterocycles. The molecule has 3 aromatic heterocycles. The lowest BCUT2D eigenvalue weighted by Gasteiger charge is -2.31. The van der Waals surface area contributed by atoms with Gasteiger partial charge in [0.15, 0.2) is 0 Å². The molecule has 3 heterocycles. The van der Waals surface area contributed by atoms with Gasteiger partial charge in [0.2, 0.25) is 5.69 Å². The minimum atomic E-state index is -0.828. The van der Waals surface area contributed by atoms with Crippen LogP contribution < -0.4 is 14.2 Å². The maximum Gasteiger partial charge on any atom is 0.314 e. The minimum Gasteiger partial charge on any atom is -0.426 e. The summed E-state index contributed by atoms with van der Waals surface area (Å²) in [6.45, 7) is 7.12. The van der Waals surface area contributed by atoms with Crippen molar-refractivity contribution in [1.82, 2.24) is 15.0 Å². The molecule has 57 heavy (non-hydrogen) atoms. The van der Waals surface area contributed by atoms with E-state index in [4.69, 9.17) is 31.3 Å². The molecule has 6 aromatic rings. The van der Waals surface area contributed by atoms with Crippen LogP contribution >= 0.6 is 0 Å². The summed E-state index contributed by atoms with van der Waals surface area (Å²) in [5.41, 5.74) is 5.50. The Balaban J connectivity index is 1.05. The van der Waals surface area contributed by atoms with Gasteiger partial charge < -0.3 is 14.2 Å². The van der Waals surface area contributed by atoms with Crippen molar-refractivity contribution in [3.8, 4) is 63.2 Å². The zero-order valence-corrected chi connectivity index (χ0v) is 30.1. The van der Waals surface area contributed by atoms with Crippen LogP contribution in [0.5, 0.6) is 17.2 Å². The van der Waals surface area contributed by atoms with E-state index >= 15 is 0 Å². The first-order chi connectivity index (χ1) is 27.8. The summed E-state index contributed by atoms with van der Waals surface area (Å²) in [6, 6.07) is 34.5. The molecule has 0 N–H and O–H groups in total. The smallest absolute Gasteiger partial charge is 0.314 e. The second-order valence-electron chi connectivity index (χ2n) is 13.2. The highest BCUT2D eigenvalue weighted by molar-refractivity contribution is 5.83. The van der Waals surface area contributed by atoms with E-state index < -0.39 is 35.7 Å². The molecule has 1 fully saturated rings. The Morgan fingerprint density at radius 2 is 0.842 bits per heavy atom. The van der Waals surface area contributed by atoms with Crippen molar-refractivity contribution in [2.24, 2.45) is 17.8 Å². The molecule has 1 aliphatic rings. The first kappa shape index (κ1) is 37.3. The van der Waals surface area contributed by atoms with E-state index in [9.17, 15) is 14.4 Å². The number of rotatable bonds is 9. The number of ether oxygens (including phenoxy) is 3. The average Bonchev–Trinajstić information content (AvgIpc) is 3.27. The summed E-state index contributed by atoms with van der Waals surface area (Å²) < 4.78 is 17.3. The first-order valence-electron chi connectivity index (χ1n) is 17.8. The molecule has 2 unspecified atom stereocenters. The van der Waals surface area contributed by atoms with Crippen LogP contribution in [-0.4, -0.2) is 32.9 Å². The molecule has 7 rings (SSSR count). The minimum absolute atomic E-state index is 0.0932. The van der Waals surface area contributed by atoms with E-state index in [1.165, 1.54) is 18.6 Å². The van der Waals surface area contributed by atoms with Crippen LogP contribution in [0.2, 0.25) is 0 Å². The van der Waals surface area contributed by atoms with Crippen molar-refractivity contribution in [2.75, 3.05) is 0 Å². The summed E-state index contributed by atoms with van der Waals surface area (Å²) in [7, 11) is 0. The topological polar surface area (TPSA) is 170 Å². The Labute approximate surface area is 327 Å². The number of hydrogen-bond donors (Lipinski definition) is 0. The zero-order chi connectivity index (χ0) is 39.7. The van der Waals surface area contributed by atoms with Crippen molar-refractivity contribution in [3.63, 3.8) is 0 Å². The highest BCUT2D eigenvalue weighted by Gasteiger charge is 2.41. The lowest BCUT2D eigenvalue weighted by atomic mass is 9.75. The van der Waals surface area contributed by atoms with Crippen molar-refractivity contribution in [1.29, 1.82) is 10.5 Å². The fourth-order valence-electron chi connectivity index (χ4n) is 6.46. The van der Waals surface area contributed by atoms with Gasteiger partial charge in [0.05, 0.1) is 52.5 Å². The standard InChI is InChI=1S/C45H30N6O6/c1-48-36-10-19-42(51-27-36)32-8-15-39(16-9-32)57-45(54)35-21-33(43(52)55-37-11-4-30(5-12-37)40-17-2-28(23-46)25-49-40)20-34(22-35)44(53)56-38-13-6-31(7-14-38)41-18-3-29(24-47)26-50-41/h2-19,25-27,33-35H,20-22H2. The number of nitrogens with zero attached hydrogens (tertiary/aromatic N) is 6. The molecule has 0 spiro atoms. The Morgan fingerprint density at radius 1 is 0.509 bits per heavy atom. The molecular formula is C45H30N6O6. The summed E-state index contributed by atoms with van der Waals surface area (Å²) in [4.78, 5) is 57.2. The van der Waals surface area contributed by atoms with Crippen LogP contribution in [0.1, 0.15) is 30.4 Å². The van der Waals surface area contributed by atoms with Gasteiger partial charge in [-0.15, -0.1) is 0 Å². The average molecular weight is 751 g/mol. The Hall–Kier alpha value is -8.01. The molecule has 12 heteroatoms. The van der Waals surface area contributed by atoms with E-state index in [1.807, 2.05) is 12.1 Å². The summed E-state index contributed by atoms with van der Waals surface area (Å²) >= 11 is 0. The van der Waals surface area contributed by atoms with Gasteiger partial charge >= 0.3 is 17.9 Å². The van der Waals surface area contributed by atoms with Gasteiger partial charge in [0.25, 0.3) is 0 Å². The second-order valence-corrected chi connectivity index (χ2v) is 13.2.